The summed E-state index contributed by atoms with van der Waals surface area (Å²) in [5.41, 5.74) is 0.913. The van der Waals surface area contributed by atoms with E-state index >= 15 is 0 Å². The first-order chi connectivity index (χ1) is 27.3. The quantitative estimate of drug-likeness (QED) is 0.0487. The molecular weight excluding hydrogens is 762 g/mol. The van der Waals surface area contributed by atoms with Crippen LogP contribution in [-0.2, 0) is 44.7 Å². The standard InChI is InChI=1S/C39H43N5O14/c1-20(2)34(37(53)41-25(17-31(48)49)29(46)19-58-39(55)33-21(3)9-8-10-22(33)4)42-38(54)35(24-11-6-5-7-12-24)43-36(52)26(18-32(50)51)40-30(47)16-23-13-14-28(45)27(15-23)44(56)57/h5-15,20,25-26,34-35,45H,16-19H2,1-4H3,(H,40,47)(H,41,53)(H,42,54)(H,43,52)(H,48,49)(H,50,51)/t25-,26-,34-,35-/m0/s1. The van der Waals surface area contributed by atoms with Gasteiger partial charge in [-0.2, -0.15) is 0 Å². The van der Waals surface area contributed by atoms with Crippen LogP contribution in [0.4, 0.5) is 5.69 Å². The molecule has 58 heavy (non-hydrogen) atoms. The van der Waals surface area contributed by atoms with Gasteiger partial charge in [0, 0.05) is 6.07 Å². The molecule has 3 aromatic rings. The number of ether oxygens (including phenoxy) is 1. The average Bonchev–Trinajstić information content (AvgIpc) is 3.14. The topological polar surface area (TPSA) is 298 Å². The van der Waals surface area contributed by atoms with E-state index in [9.17, 15) is 63.8 Å². The lowest BCUT2D eigenvalue weighted by Gasteiger charge is -2.28. The predicted octanol–water partition coefficient (Wildman–Crippen LogP) is 1.80. The van der Waals surface area contributed by atoms with Crippen LogP contribution in [0.5, 0.6) is 5.75 Å². The Morgan fingerprint density at radius 2 is 1.34 bits per heavy atom. The number of benzene rings is 3. The number of carbonyl (C=O) groups excluding carboxylic acids is 6. The van der Waals surface area contributed by atoms with E-state index in [1.165, 1.54) is 44.2 Å². The van der Waals surface area contributed by atoms with Crippen molar-refractivity contribution in [2.24, 2.45) is 5.92 Å². The van der Waals surface area contributed by atoms with Crippen molar-refractivity contribution in [3.63, 3.8) is 0 Å². The first-order valence-electron chi connectivity index (χ1n) is 17.7. The molecule has 0 spiro atoms. The van der Waals surface area contributed by atoms with Crippen molar-refractivity contribution in [2.45, 2.75) is 71.1 Å². The summed E-state index contributed by atoms with van der Waals surface area (Å²) in [5, 5.41) is 49.4. The number of rotatable bonds is 20. The zero-order valence-electron chi connectivity index (χ0n) is 31.8. The first kappa shape index (κ1) is 45.2. The molecule has 0 aliphatic carbocycles. The van der Waals surface area contributed by atoms with E-state index < -0.39 is 120 Å². The molecule has 19 heteroatoms. The highest BCUT2D eigenvalue weighted by molar-refractivity contribution is 5.99. The summed E-state index contributed by atoms with van der Waals surface area (Å²) in [6.07, 6.45) is -2.40. The molecule has 308 valence electrons. The van der Waals surface area contributed by atoms with Crippen molar-refractivity contribution in [1.29, 1.82) is 0 Å². The maximum atomic E-state index is 13.9. The second-order valence-electron chi connectivity index (χ2n) is 13.5. The molecule has 0 unspecified atom stereocenters. The molecular formula is C39H43N5O14. The lowest BCUT2D eigenvalue weighted by molar-refractivity contribution is -0.385. The molecule has 4 amide bonds. The fraction of sp³-hybridized carbons (Fsp3) is 0.333. The lowest BCUT2D eigenvalue weighted by Crippen LogP contribution is -2.57. The third kappa shape index (κ3) is 13.0. The fourth-order valence-corrected chi connectivity index (χ4v) is 5.73. The number of hydrogen-bond acceptors (Lipinski definition) is 12. The molecule has 3 rings (SSSR count). The Hall–Kier alpha value is -7.18. The Labute approximate surface area is 331 Å². The van der Waals surface area contributed by atoms with Crippen LogP contribution in [0.1, 0.15) is 65.3 Å². The highest BCUT2D eigenvalue weighted by atomic mass is 16.6. The number of Topliss-reactive ketones (excluding diaryl/α,β-unsaturated/α-hetero) is 1. The predicted molar refractivity (Wildman–Crippen MR) is 202 cm³/mol. The van der Waals surface area contributed by atoms with Crippen LogP contribution in [0.25, 0.3) is 0 Å². The van der Waals surface area contributed by atoms with Gasteiger partial charge in [0.05, 0.1) is 29.7 Å². The van der Waals surface area contributed by atoms with E-state index in [-0.39, 0.29) is 16.7 Å². The molecule has 0 aliphatic heterocycles. The summed E-state index contributed by atoms with van der Waals surface area (Å²) in [5.74, 6) is -10.2. The number of aryl methyl sites for hydroxylation is 2. The molecule has 3 aromatic carbocycles. The number of aliphatic carboxylic acids is 2. The van der Waals surface area contributed by atoms with E-state index in [0.29, 0.717) is 11.1 Å². The van der Waals surface area contributed by atoms with Crippen LogP contribution in [0, 0.1) is 29.9 Å². The van der Waals surface area contributed by atoms with Crippen molar-refractivity contribution in [1.82, 2.24) is 21.3 Å². The number of hydrogen-bond donors (Lipinski definition) is 7. The van der Waals surface area contributed by atoms with E-state index in [2.05, 4.69) is 21.3 Å². The normalized spacial score (nSPS) is 12.8. The van der Waals surface area contributed by atoms with Gasteiger partial charge < -0.3 is 41.3 Å². The summed E-state index contributed by atoms with van der Waals surface area (Å²) in [7, 11) is 0. The van der Waals surface area contributed by atoms with Gasteiger partial charge in [0.2, 0.25) is 23.6 Å². The van der Waals surface area contributed by atoms with Gasteiger partial charge in [-0.25, -0.2) is 4.79 Å². The van der Waals surface area contributed by atoms with Crippen LogP contribution < -0.4 is 21.3 Å². The van der Waals surface area contributed by atoms with E-state index in [1.807, 2.05) is 0 Å². The Bertz CT molecular complexity index is 2050. The molecule has 19 nitrogen and oxygen atoms in total. The number of ketones is 1. The number of nitro benzene ring substituents is 1. The smallest absolute Gasteiger partial charge is 0.339 e. The Morgan fingerprint density at radius 1 is 0.741 bits per heavy atom. The van der Waals surface area contributed by atoms with Crippen LogP contribution in [0.2, 0.25) is 0 Å². The summed E-state index contributed by atoms with van der Waals surface area (Å²) >= 11 is 0. The van der Waals surface area contributed by atoms with Gasteiger partial charge in [-0.05, 0) is 48.1 Å². The second kappa shape index (κ2) is 20.7. The zero-order valence-corrected chi connectivity index (χ0v) is 31.8. The lowest BCUT2D eigenvalue weighted by atomic mass is 9.99. The number of carbonyl (C=O) groups is 8. The monoisotopic (exact) mass is 805 g/mol. The van der Waals surface area contributed by atoms with Crippen LogP contribution in [0.15, 0.2) is 66.7 Å². The second-order valence-corrected chi connectivity index (χ2v) is 13.5. The van der Waals surface area contributed by atoms with Crippen LogP contribution >= 0.6 is 0 Å². The highest BCUT2D eigenvalue weighted by Crippen LogP contribution is 2.26. The summed E-state index contributed by atoms with van der Waals surface area (Å²) in [6.45, 7) is 5.51. The maximum Gasteiger partial charge on any atom is 0.339 e. The molecule has 0 saturated heterocycles. The molecule has 0 bridgehead atoms. The minimum absolute atomic E-state index is 0.0571. The van der Waals surface area contributed by atoms with Crippen LogP contribution in [-0.4, -0.2) is 92.3 Å². The molecule has 4 atom stereocenters. The largest absolute Gasteiger partial charge is 0.502 e. The highest BCUT2D eigenvalue weighted by Gasteiger charge is 2.35. The Balaban J connectivity index is 1.80. The summed E-state index contributed by atoms with van der Waals surface area (Å²) in [4.78, 5) is 114. The fourth-order valence-electron chi connectivity index (χ4n) is 5.73. The Morgan fingerprint density at radius 3 is 1.91 bits per heavy atom. The molecule has 0 radical (unpaired) electrons. The van der Waals surface area contributed by atoms with Crippen molar-refractivity contribution in [3.05, 3.63) is 105 Å². The van der Waals surface area contributed by atoms with E-state index in [0.717, 1.165) is 12.1 Å². The number of esters is 1. The number of nitrogens with one attached hydrogen (secondary N) is 4. The minimum atomic E-state index is -1.77. The number of aromatic hydroxyl groups is 1. The van der Waals surface area contributed by atoms with Gasteiger partial charge in [0.15, 0.2) is 18.1 Å². The van der Waals surface area contributed by atoms with E-state index in [1.54, 1.807) is 38.1 Å². The molecule has 7 N–H and O–H groups in total. The SMILES string of the molecule is Cc1cccc(C)c1C(=O)OCC(=O)[C@H](CC(=O)O)NC(=O)[C@@H](NC(=O)[C@@H](NC(=O)[C@H](CC(=O)O)NC(=O)Cc1ccc(O)c([N+](=O)[O-])c1)c1ccccc1)C(C)C. The molecule has 0 saturated carbocycles. The van der Waals surface area contributed by atoms with Gasteiger partial charge >= 0.3 is 23.6 Å². The number of carboxylic acids is 2. The summed E-state index contributed by atoms with van der Waals surface area (Å²) in [6, 6.07) is 9.23. The van der Waals surface area contributed by atoms with Crippen molar-refractivity contribution in [3.8, 4) is 5.75 Å². The van der Waals surface area contributed by atoms with Gasteiger partial charge in [-0.15, -0.1) is 0 Å². The molecule has 0 aromatic heterocycles. The number of phenolic OH excluding ortho intramolecular Hbond substituents is 1. The molecule has 0 aliphatic rings. The maximum absolute atomic E-state index is 13.9. The van der Waals surface area contributed by atoms with Crippen LogP contribution in [0.3, 0.4) is 0 Å². The van der Waals surface area contributed by atoms with Gasteiger partial charge in [-0.3, -0.25) is 43.7 Å². The molecule has 0 fully saturated rings. The molecule has 0 heterocycles. The number of amides is 4. The first-order valence-corrected chi connectivity index (χ1v) is 17.7. The zero-order chi connectivity index (χ0) is 43.3. The number of phenols is 1. The minimum Gasteiger partial charge on any atom is -0.502 e. The van der Waals surface area contributed by atoms with Crippen molar-refractivity contribution in [2.75, 3.05) is 6.61 Å². The van der Waals surface area contributed by atoms with Gasteiger partial charge in [0.25, 0.3) is 0 Å². The number of nitrogens with zero attached hydrogens (tertiary/aromatic N) is 1. The van der Waals surface area contributed by atoms with Crippen molar-refractivity contribution < 1.29 is 63.3 Å². The Kier molecular flexibility index (Phi) is 16.1. The third-order valence-electron chi connectivity index (χ3n) is 8.67. The number of carboxylic acid groups (broad SMARTS) is 2. The van der Waals surface area contributed by atoms with Crippen molar-refractivity contribution >= 4 is 53.0 Å². The van der Waals surface area contributed by atoms with Gasteiger partial charge in [0.1, 0.15) is 24.2 Å². The number of nitro groups is 1. The average molecular weight is 806 g/mol. The van der Waals surface area contributed by atoms with Gasteiger partial charge in [-0.1, -0.05) is 68.4 Å². The van der Waals surface area contributed by atoms with E-state index in [4.69, 9.17) is 4.74 Å². The third-order valence-corrected chi connectivity index (χ3v) is 8.67. The summed E-state index contributed by atoms with van der Waals surface area (Å²) < 4.78 is 5.16.